The summed E-state index contributed by atoms with van der Waals surface area (Å²) in [6, 6.07) is 10.8. The van der Waals surface area contributed by atoms with Crippen LogP contribution in [0.1, 0.15) is 10.4 Å². The van der Waals surface area contributed by atoms with E-state index in [0.29, 0.717) is 11.3 Å². The number of methoxy groups -OCH3 is 1. The molecule has 0 saturated heterocycles. The molecule has 110 valence electrons. The van der Waals surface area contributed by atoms with Gasteiger partial charge in [0.05, 0.1) is 23.0 Å². The van der Waals surface area contributed by atoms with Gasteiger partial charge < -0.3 is 21.1 Å². The van der Waals surface area contributed by atoms with Gasteiger partial charge in [0.25, 0.3) is 5.91 Å². The smallest absolute Gasteiger partial charge is 0.251 e. The maximum Gasteiger partial charge on any atom is 0.251 e. The van der Waals surface area contributed by atoms with E-state index in [1.165, 1.54) is 0 Å². The third kappa shape index (κ3) is 3.46. The van der Waals surface area contributed by atoms with Gasteiger partial charge >= 0.3 is 0 Å². The second-order valence-corrected chi connectivity index (χ2v) is 5.21. The van der Waals surface area contributed by atoms with Crippen LogP contribution in [0.5, 0.6) is 5.75 Å². The fraction of sp³-hybridized carbons (Fsp3) is 0.133. The molecule has 2 aromatic rings. The number of nitrogen functional groups attached to an aromatic ring is 1. The molecule has 0 saturated carbocycles. The first-order valence-electron chi connectivity index (χ1n) is 6.27. The van der Waals surface area contributed by atoms with Crippen LogP contribution in [0.25, 0.3) is 0 Å². The van der Waals surface area contributed by atoms with Gasteiger partial charge in [-0.15, -0.1) is 0 Å². The van der Waals surface area contributed by atoms with E-state index >= 15 is 0 Å². The molecule has 21 heavy (non-hydrogen) atoms. The first-order valence-corrected chi connectivity index (χ1v) is 7.06. The number of hydrogen-bond acceptors (Lipinski definition) is 4. The Morgan fingerprint density at radius 2 is 2.00 bits per heavy atom. The summed E-state index contributed by atoms with van der Waals surface area (Å²) in [6.45, 7) is 0. The number of nitrogens with two attached hydrogens (primary N) is 1. The molecule has 0 bridgehead atoms. The van der Waals surface area contributed by atoms with E-state index in [0.717, 1.165) is 21.6 Å². The Bertz CT molecular complexity index is 674. The van der Waals surface area contributed by atoms with Gasteiger partial charge in [0.15, 0.2) is 0 Å². The summed E-state index contributed by atoms with van der Waals surface area (Å²) in [7, 11) is 3.19. The van der Waals surface area contributed by atoms with E-state index in [1.807, 2.05) is 18.2 Å². The van der Waals surface area contributed by atoms with Crippen molar-refractivity contribution in [3.05, 3.63) is 46.4 Å². The normalized spacial score (nSPS) is 10.0. The first kappa shape index (κ1) is 15.2. The van der Waals surface area contributed by atoms with Gasteiger partial charge in [-0.3, -0.25) is 4.79 Å². The van der Waals surface area contributed by atoms with Gasteiger partial charge in [0, 0.05) is 24.4 Å². The summed E-state index contributed by atoms with van der Waals surface area (Å²) in [5.74, 6) is 0.555. The fourth-order valence-corrected chi connectivity index (χ4v) is 2.26. The lowest BCUT2D eigenvalue weighted by atomic mass is 10.1. The minimum Gasteiger partial charge on any atom is -0.495 e. The molecule has 0 radical (unpaired) electrons. The molecule has 2 rings (SSSR count). The Hall–Kier alpha value is -2.21. The van der Waals surface area contributed by atoms with Gasteiger partial charge in [-0.05, 0) is 46.3 Å². The largest absolute Gasteiger partial charge is 0.495 e. The van der Waals surface area contributed by atoms with Crippen molar-refractivity contribution in [1.82, 2.24) is 5.32 Å². The minimum absolute atomic E-state index is 0.168. The van der Waals surface area contributed by atoms with E-state index in [2.05, 4.69) is 26.6 Å². The number of ether oxygens (including phenoxy) is 1. The lowest BCUT2D eigenvalue weighted by molar-refractivity contribution is 0.0963. The number of amides is 1. The molecule has 0 unspecified atom stereocenters. The lowest BCUT2D eigenvalue weighted by Gasteiger charge is -2.12. The van der Waals surface area contributed by atoms with Crippen molar-refractivity contribution in [2.75, 3.05) is 25.2 Å². The second kappa shape index (κ2) is 6.49. The summed E-state index contributed by atoms with van der Waals surface area (Å²) in [5.41, 5.74) is 8.57. The molecule has 0 atom stereocenters. The Kier molecular flexibility index (Phi) is 4.70. The van der Waals surface area contributed by atoms with Crippen LogP contribution < -0.4 is 21.1 Å². The number of rotatable bonds is 4. The van der Waals surface area contributed by atoms with Crippen molar-refractivity contribution in [2.45, 2.75) is 0 Å². The van der Waals surface area contributed by atoms with Crippen LogP contribution >= 0.6 is 15.9 Å². The molecule has 0 aliphatic heterocycles. The molecular formula is C15H16BrN3O2. The highest BCUT2D eigenvalue weighted by atomic mass is 79.9. The molecule has 4 N–H and O–H groups in total. The third-order valence-electron chi connectivity index (χ3n) is 2.97. The van der Waals surface area contributed by atoms with Crippen LogP contribution in [0.4, 0.5) is 17.1 Å². The van der Waals surface area contributed by atoms with Gasteiger partial charge in [-0.1, -0.05) is 0 Å². The summed E-state index contributed by atoms with van der Waals surface area (Å²) in [6.07, 6.45) is 0. The van der Waals surface area contributed by atoms with Gasteiger partial charge in [0.1, 0.15) is 5.75 Å². The van der Waals surface area contributed by atoms with E-state index in [-0.39, 0.29) is 5.91 Å². The van der Waals surface area contributed by atoms with Crippen molar-refractivity contribution in [3.8, 4) is 5.75 Å². The Balaban J connectivity index is 2.26. The van der Waals surface area contributed by atoms with Crippen LogP contribution in [0.3, 0.4) is 0 Å². The second-order valence-electron chi connectivity index (χ2n) is 4.36. The van der Waals surface area contributed by atoms with Crippen LogP contribution in [-0.2, 0) is 0 Å². The number of carbonyl (C=O) groups is 1. The number of anilines is 3. The van der Waals surface area contributed by atoms with Gasteiger partial charge in [-0.2, -0.15) is 0 Å². The molecule has 0 aromatic heterocycles. The molecule has 2 aromatic carbocycles. The maximum absolute atomic E-state index is 11.5. The van der Waals surface area contributed by atoms with E-state index in [1.54, 1.807) is 32.4 Å². The first-order chi connectivity index (χ1) is 10.0. The molecular weight excluding hydrogens is 334 g/mol. The minimum atomic E-state index is -0.168. The number of carbonyl (C=O) groups excluding carboxylic acids is 1. The fourth-order valence-electron chi connectivity index (χ4n) is 1.86. The van der Waals surface area contributed by atoms with Crippen molar-refractivity contribution in [2.24, 2.45) is 0 Å². The summed E-state index contributed by atoms with van der Waals surface area (Å²) in [5, 5.41) is 5.76. The Morgan fingerprint density at radius 1 is 1.24 bits per heavy atom. The zero-order valence-corrected chi connectivity index (χ0v) is 13.3. The Morgan fingerprint density at radius 3 is 2.62 bits per heavy atom. The Labute approximate surface area is 131 Å². The molecule has 0 aliphatic rings. The number of hydrogen-bond donors (Lipinski definition) is 3. The topological polar surface area (TPSA) is 76.4 Å². The summed E-state index contributed by atoms with van der Waals surface area (Å²) in [4.78, 5) is 11.5. The van der Waals surface area contributed by atoms with Crippen molar-refractivity contribution < 1.29 is 9.53 Å². The molecule has 0 fully saturated rings. The van der Waals surface area contributed by atoms with Crippen molar-refractivity contribution in [1.29, 1.82) is 0 Å². The molecule has 6 heteroatoms. The maximum atomic E-state index is 11.5. The highest BCUT2D eigenvalue weighted by molar-refractivity contribution is 9.10. The molecule has 0 aliphatic carbocycles. The van der Waals surface area contributed by atoms with Crippen molar-refractivity contribution in [3.63, 3.8) is 0 Å². The van der Waals surface area contributed by atoms with Crippen LogP contribution in [0.15, 0.2) is 40.9 Å². The molecule has 5 nitrogen and oxygen atoms in total. The van der Waals surface area contributed by atoms with E-state index < -0.39 is 0 Å². The lowest BCUT2D eigenvalue weighted by Crippen LogP contribution is -2.17. The van der Waals surface area contributed by atoms with Gasteiger partial charge in [-0.25, -0.2) is 0 Å². The van der Waals surface area contributed by atoms with Crippen LogP contribution in [0, 0.1) is 0 Å². The predicted molar refractivity (Wildman–Crippen MR) is 88.2 cm³/mol. The average Bonchev–Trinajstić information content (AvgIpc) is 2.50. The SMILES string of the molecule is CNC(=O)c1ccc(Nc2ccc(Br)c(OC)c2)c(N)c1. The third-order valence-corrected chi connectivity index (χ3v) is 3.63. The van der Waals surface area contributed by atoms with Crippen LogP contribution in [0.2, 0.25) is 0 Å². The van der Waals surface area contributed by atoms with E-state index in [4.69, 9.17) is 10.5 Å². The number of halogens is 1. The molecule has 1 amide bonds. The molecule has 0 heterocycles. The standard InChI is InChI=1S/C15H16BrN3O2/c1-18-15(20)9-3-6-13(12(17)7-9)19-10-4-5-11(16)14(8-10)21-2/h3-8,19H,17H2,1-2H3,(H,18,20). The zero-order valence-electron chi connectivity index (χ0n) is 11.7. The van der Waals surface area contributed by atoms with E-state index in [9.17, 15) is 4.79 Å². The van der Waals surface area contributed by atoms with Gasteiger partial charge in [0.2, 0.25) is 0 Å². The predicted octanol–water partition coefficient (Wildman–Crippen LogP) is 3.14. The monoisotopic (exact) mass is 349 g/mol. The number of benzene rings is 2. The average molecular weight is 350 g/mol. The summed E-state index contributed by atoms with van der Waals surface area (Å²) >= 11 is 3.40. The quantitative estimate of drug-likeness (QED) is 0.741. The number of nitrogens with one attached hydrogen (secondary N) is 2. The highest BCUT2D eigenvalue weighted by Gasteiger charge is 2.08. The summed E-state index contributed by atoms with van der Waals surface area (Å²) < 4.78 is 6.12. The van der Waals surface area contributed by atoms with Crippen LogP contribution in [-0.4, -0.2) is 20.1 Å². The van der Waals surface area contributed by atoms with Crippen molar-refractivity contribution >= 4 is 38.9 Å². The zero-order chi connectivity index (χ0) is 15.4. The highest BCUT2D eigenvalue weighted by Crippen LogP contribution is 2.31. The molecule has 0 spiro atoms.